The molecule has 0 saturated carbocycles. The van der Waals surface area contributed by atoms with Gasteiger partial charge in [-0.2, -0.15) is 0 Å². The molecule has 0 spiro atoms. The number of rotatable bonds is 4. The maximum absolute atomic E-state index is 10.7. The zero-order chi connectivity index (χ0) is 13.0. The summed E-state index contributed by atoms with van der Waals surface area (Å²) in [5.74, 6) is 0. The van der Waals surface area contributed by atoms with E-state index in [1.165, 1.54) is 12.1 Å². The second-order valence-corrected chi connectivity index (χ2v) is 3.68. The van der Waals surface area contributed by atoms with Crippen molar-refractivity contribution in [3.8, 4) is 0 Å². The molecule has 88 valence electrons. The third-order valence-corrected chi connectivity index (χ3v) is 2.08. The van der Waals surface area contributed by atoms with E-state index in [4.69, 9.17) is 0 Å². The van der Waals surface area contributed by atoms with E-state index in [-0.39, 0.29) is 11.3 Å². The third kappa shape index (κ3) is 3.45. The first kappa shape index (κ1) is 13.0. The molecule has 0 N–H and O–H groups in total. The van der Waals surface area contributed by atoms with Crippen molar-refractivity contribution in [1.29, 1.82) is 0 Å². The van der Waals surface area contributed by atoms with E-state index in [9.17, 15) is 25.0 Å². The van der Waals surface area contributed by atoms with Gasteiger partial charge in [0.05, 0.1) is 21.5 Å². The lowest BCUT2D eigenvalue weighted by Crippen LogP contribution is -1.95. The molecule has 1 rings (SSSR count). The van der Waals surface area contributed by atoms with Gasteiger partial charge in [-0.25, -0.2) is 0 Å². The lowest BCUT2D eigenvalue weighted by molar-refractivity contribution is -0.394. The molecule has 0 saturated heterocycles. The number of halogens is 1. The van der Waals surface area contributed by atoms with Crippen LogP contribution in [0.25, 0.3) is 6.08 Å². The quantitative estimate of drug-likeness (QED) is 0.367. The number of benzene rings is 1. The SMILES string of the molecule is O=C(Br)C=Cc1ccc([N+](=O)[O-])cc1[N+](=O)[O-]. The van der Waals surface area contributed by atoms with Gasteiger partial charge in [-0.15, -0.1) is 0 Å². The van der Waals surface area contributed by atoms with Crippen LogP contribution in [0.4, 0.5) is 11.4 Å². The van der Waals surface area contributed by atoms with Gasteiger partial charge >= 0.3 is 0 Å². The number of hydrogen-bond donors (Lipinski definition) is 0. The first-order valence-electron chi connectivity index (χ1n) is 4.22. The molecule has 0 amide bonds. The maximum atomic E-state index is 10.7. The van der Waals surface area contributed by atoms with Crippen LogP contribution in [0.15, 0.2) is 24.3 Å². The molecule has 0 aliphatic rings. The Morgan fingerprint density at radius 2 is 1.88 bits per heavy atom. The van der Waals surface area contributed by atoms with E-state index in [2.05, 4.69) is 15.9 Å². The molecule has 0 atom stereocenters. The minimum Gasteiger partial charge on any atom is -0.282 e. The van der Waals surface area contributed by atoms with Crippen molar-refractivity contribution >= 4 is 38.1 Å². The largest absolute Gasteiger partial charge is 0.283 e. The Kier molecular flexibility index (Phi) is 4.05. The minimum atomic E-state index is -0.745. The Morgan fingerprint density at radius 1 is 1.24 bits per heavy atom. The highest BCUT2D eigenvalue weighted by molar-refractivity contribution is 9.18. The molecule has 0 bridgehead atoms. The zero-order valence-electron chi connectivity index (χ0n) is 8.20. The van der Waals surface area contributed by atoms with Crippen LogP contribution in [0.3, 0.4) is 0 Å². The minimum absolute atomic E-state index is 0.119. The Balaban J connectivity index is 3.27. The summed E-state index contributed by atoms with van der Waals surface area (Å²) in [5, 5.41) is 21.2. The summed E-state index contributed by atoms with van der Waals surface area (Å²) in [6.07, 6.45) is 2.28. The second-order valence-electron chi connectivity index (χ2n) is 2.89. The van der Waals surface area contributed by atoms with Crippen molar-refractivity contribution in [3.63, 3.8) is 0 Å². The predicted octanol–water partition coefficient (Wildman–Crippen LogP) is 2.44. The molecule has 0 heterocycles. The smallest absolute Gasteiger partial charge is 0.282 e. The van der Waals surface area contributed by atoms with Crippen LogP contribution in [0.2, 0.25) is 0 Å². The number of carbonyl (C=O) groups excluding carboxylic acids is 1. The topological polar surface area (TPSA) is 103 Å². The third-order valence-electron chi connectivity index (χ3n) is 1.82. The summed E-state index contributed by atoms with van der Waals surface area (Å²) in [6, 6.07) is 3.19. The highest BCUT2D eigenvalue weighted by Crippen LogP contribution is 2.25. The summed E-state index contributed by atoms with van der Waals surface area (Å²) in [4.78, 5) is 30.3. The van der Waals surface area contributed by atoms with E-state index < -0.39 is 20.2 Å². The van der Waals surface area contributed by atoms with Gasteiger partial charge in [0.15, 0.2) is 0 Å². The van der Waals surface area contributed by atoms with Crippen molar-refractivity contribution in [1.82, 2.24) is 0 Å². The van der Waals surface area contributed by atoms with Crippen LogP contribution in [-0.4, -0.2) is 14.5 Å². The Bertz CT molecular complexity index is 526. The van der Waals surface area contributed by atoms with Crippen molar-refractivity contribution in [2.45, 2.75) is 0 Å². The van der Waals surface area contributed by atoms with Gasteiger partial charge in [0, 0.05) is 6.07 Å². The van der Waals surface area contributed by atoms with Gasteiger partial charge in [-0.3, -0.25) is 25.0 Å². The van der Waals surface area contributed by atoms with Crippen LogP contribution in [-0.2, 0) is 4.79 Å². The highest BCUT2D eigenvalue weighted by Gasteiger charge is 2.17. The first-order valence-corrected chi connectivity index (χ1v) is 5.01. The Hall–Kier alpha value is -2.09. The monoisotopic (exact) mass is 300 g/mol. The standard InChI is InChI=1S/C9H5BrN2O5/c10-9(13)4-2-6-1-3-7(11(14)15)5-8(6)12(16)17/h1-5H. The van der Waals surface area contributed by atoms with Gasteiger partial charge in [0.1, 0.15) is 0 Å². The van der Waals surface area contributed by atoms with Crippen LogP contribution >= 0.6 is 15.9 Å². The van der Waals surface area contributed by atoms with Crippen LogP contribution < -0.4 is 0 Å². The molecule has 1 aromatic rings. The lowest BCUT2D eigenvalue weighted by atomic mass is 10.1. The molecular formula is C9H5BrN2O5. The van der Waals surface area contributed by atoms with E-state index in [0.717, 1.165) is 18.2 Å². The van der Waals surface area contributed by atoms with Crippen LogP contribution in [0.1, 0.15) is 5.56 Å². The van der Waals surface area contributed by atoms with Gasteiger partial charge in [-0.05, 0) is 34.1 Å². The number of allylic oxidation sites excluding steroid dienone is 1. The second kappa shape index (κ2) is 5.30. The van der Waals surface area contributed by atoms with Crippen molar-refractivity contribution in [2.75, 3.05) is 0 Å². The normalized spacial score (nSPS) is 10.4. The molecule has 8 heteroatoms. The number of hydrogen-bond acceptors (Lipinski definition) is 5. The average Bonchev–Trinajstić information content (AvgIpc) is 2.25. The number of nitrogens with zero attached hydrogens (tertiary/aromatic N) is 2. The van der Waals surface area contributed by atoms with Gasteiger partial charge in [0.25, 0.3) is 11.4 Å². The fourth-order valence-electron chi connectivity index (χ4n) is 1.10. The predicted molar refractivity (Wildman–Crippen MR) is 62.7 cm³/mol. The summed E-state index contributed by atoms with van der Waals surface area (Å²) in [7, 11) is 0. The Morgan fingerprint density at radius 3 is 2.35 bits per heavy atom. The summed E-state index contributed by atoms with van der Waals surface area (Å²) >= 11 is 2.63. The van der Waals surface area contributed by atoms with Crippen molar-refractivity contribution in [3.05, 3.63) is 50.1 Å². The molecule has 0 aliphatic carbocycles. The van der Waals surface area contributed by atoms with Crippen molar-refractivity contribution < 1.29 is 14.6 Å². The fourth-order valence-corrected chi connectivity index (χ4v) is 1.23. The summed E-state index contributed by atoms with van der Waals surface area (Å²) in [6.45, 7) is 0. The summed E-state index contributed by atoms with van der Waals surface area (Å²) in [5.41, 5.74) is -0.684. The number of non-ortho nitro benzene ring substituents is 1. The maximum Gasteiger partial charge on any atom is 0.283 e. The number of nitro groups is 2. The van der Waals surface area contributed by atoms with Gasteiger partial charge in [-0.1, -0.05) is 0 Å². The molecule has 0 fully saturated rings. The van der Waals surface area contributed by atoms with Crippen LogP contribution in [0, 0.1) is 20.2 Å². The van der Waals surface area contributed by atoms with Crippen molar-refractivity contribution in [2.24, 2.45) is 0 Å². The first-order chi connectivity index (χ1) is 7.91. The number of nitro benzene ring substituents is 2. The molecule has 0 aromatic heterocycles. The number of carbonyl (C=O) groups is 1. The van der Waals surface area contributed by atoms with E-state index in [1.807, 2.05) is 0 Å². The lowest BCUT2D eigenvalue weighted by Gasteiger charge is -1.97. The zero-order valence-corrected chi connectivity index (χ0v) is 9.79. The van der Waals surface area contributed by atoms with E-state index in [1.54, 1.807) is 0 Å². The molecule has 17 heavy (non-hydrogen) atoms. The molecule has 7 nitrogen and oxygen atoms in total. The van der Waals surface area contributed by atoms with E-state index >= 15 is 0 Å². The molecule has 0 aliphatic heterocycles. The van der Waals surface area contributed by atoms with Gasteiger partial charge < -0.3 is 0 Å². The molecular weight excluding hydrogens is 296 g/mol. The highest BCUT2D eigenvalue weighted by atomic mass is 79.9. The fraction of sp³-hybridized carbons (Fsp3) is 0. The van der Waals surface area contributed by atoms with E-state index in [0.29, 0.717) is 0 Å². The average molecular weight is 301 g/mol. The van der Waals surface area contributed by atoms with Gasteiger partial charge in [0.2, 0.25) is 4.69 Å². The van der Waals surface area contributed by atoms with Crippen LogP contribution in [0.5, 0.6) is 0 Å². The Labute approximate surface area is 103 Å². The molecule has 0 radical (unpaired) electrons. The molecule has 1 aromatic carbocycles. The molecule has 0 unspecified atom stereocenters. The summed E-state index contributed by atoms with van der Waals surface area (Å²) < 4.78 is -0.454.